The first-order valence-electron chi connectivity index (χ1n) is 6.60. The highest BCUT2D eigenvalue weighted by Gasteiger charge is 2.13. The Morgan fingerprint density at radius 3 is 2.86 bits per heavy atom. The number of thiophene rings is 1. The highest BCUT2D eigenvalue weighted by atomic mass is 32.1. The zero-order valence-electron chi connectivity index (χ0n) is 11.9. The molecule has 2 rings (SSSR count). The SMILES string of the molecule is CC(NC(=O)COC(=O)c1cccc(C#N)c1)c1cccs1. The molecule has 0 radical (unpaired) electrons. The van der Waals surface area contributed by atoms with Gasteiger partial charge in [-0.3, -0.25) is 4.79 Å². The predicted molar refractivity (Wildman–Crippen MR) is 82.3 cm³/mol. The number of nitrogens with zero attached hydrogens (tertiary/aromatic N) is 1. The van der Waals surface area contributed by atoms with E-state index in [1.807, 2.05) is 30.5 Å². The highest BCUT2D eigenvalue weighted by molar-refractivity contribution is 7.10. The van der Waals surface area contributed by atoms with Gasteiger partial charge in [0.15, 0.2) is 6.61 Å². The Morgan fingerprint density at radius 1 is 1.36 bits per heavy atom. The van der Waals surface area contributed by atoms with Crippen molar-refractivity contribution in [2.45, 2.75) is 13.0 Å². The zero-order valence-corrected chi connectivity index (χ0v) is 12.7. The molecule has 0 fully saturated rings. The number of esters is 1. The van der Waals surface area contributed by atoms with Gasteiger partial charge in [0.25, 0.3) is 5.91 Å². The van der Waals surface area contributed by atoms with Gasteiger partial charge < -0.3 is 10.1 Å². The third-order valence-electron chi connectivity index (χ3n) is 2.91. The summed E-state index contributed by atoms with van der Waals surface area (Å²) in [5.74, 6) is -0.998. The van der Waals surface area contributed by atoms with E-state index in [9.17, 15) is 9.59 Å². The molecule has 22 heavy (non-hydrogen) atoms. The van der Waals surface area contributed by atoms with Gasteiger partial charge in [0.2, 0.25) is 0 Å². The van der Waals surface area contributed by atoms with Gasteiger partial charge in [0.05, 0.1) is 23.2 Å². The number of hydrogen-bond donors (Lipinski definition) is 1. The van der Waals surface area contributed by atoms with Crippen LogP contribution < -0.4 is 5.32 Å². The van der Waals surface area contributed by atoms with Crippen LogP contribution in [0.2, 0.25) is 0 Å². The van der Waals surface area contributed by atoms with E-state index in [0.717, 1.165) is 4.88 Å². The van der Waals surface area contributed by atoms with Crippen LogP contribution in [-0.4, -0.2) is 18.5 Å². The zero-order chi connectivity index (χ0) is 15.9. The third-order valence-corrected chi connectivity index (χ3v) is 3.96. The first-order valence-corrected chi connectivity index (χ1v) is 7.48. The summed E-state index contributed by atoms with van der Waals surface area (Å²) in [7, 11) is 0. The highest BCUT2D eigenvalue weighted by Crippen LogP contribution is 2.17. The van der Waals surface area contributed by atoms with Crippen LogP contribution >= 0.6 is 11.3 Å². The molecule has 0 spiro atoms. The summed E-state index contributed by atoms with van der Waals surface area (Å²) in [6.07, 6.45) is 0. The predicted octanol–water partition coefficient (Wildman–Crippen LogP) is 2.65. The summed E-state index contributed by atoms with van der Waals surface area (Å²) >= 11 is 1.55. The summed E-state index contributed by atoms with van der Waals surface area (Å²) in [5, 5.41) is 13.5. The average molecular weight is 314 g/mol. The number of hydrogen-bond acceptors (Lipinski definition) is 5. The lowest BCUT2D eigenvalue weighted by molar-refractivity contribution is -0.124. The number of rotatable bonds is 5. The van der Waals surface area contributed by atoms with Gasteiger partial charge in [-0.1, -0.05) is 12.1 Å². The minimum Gasteiger partial charge on any atom is -0.452 e. The number of nitriles is 1. The van der Waals surface area contributed by atoms with Crippen LogP contribution in [0.25, 0.3) is 0 Å². The second kappa shape index (κ2) is 7.38. The first kappa shape index (κ1) is 15.7. The summed E-state index contributed by atoms with van der Waals surface area (Å²) in [6, 6.07) is 11.8. The molecule has 6 heteroatoms. The molecule has 5 nitrogen and oxygen atoms in total. The lowest BCUT2D eigenvalue weighted by Crippen LogP contribution is -2.30. The summed E-state index contributed by atoms with van der Waals surface area (Å²) in [4.78, 5) is 24.6. The van der Waals surface area contributed by atoms with Crippen LogP contribution in [0.15, 0.2) is 41.8 Å². The fraction of sp³-hybridized carbons (Fsp3) is 0.188. The Labute approximate surface area is 132 Å². The molecule has 1 heterocycles. The molecular weight excluding hydrogens is 300 g/mol. The number of nitrogens with one attached hydrogen (secondary N) is 1. The Bertz CT molecular complexity index is 704. The van der Waals surface area contributed by atoms with Crippen molar-refractivity contribution in [3.05, 3.63) is 57.8 Å². The van der Waals surface area contributed by atoms with Crippen molar-refractivity contribution >= 4 is 23.2 Å². The summed E-state index contributed by atoms with van der Waals surface area (Å²) in [6.45, 7) is 1.51. The molecule has 1 unspecified atom stereocenters. The second-order valence-corrected chi connectivity index (χ2v) is 5.55. The minimum atomic E-state index is -0.629. The number of benzene rings is 1. The van der Waals surface area contributed by atoms with E-state index in [1.54, 1.807) is 23.5 Å². The van der Waals surface area contributed by atoms with Crippen molar-refractivity contribution in [2.24, 2.45) is 0 Å². The van der Waals surface area contributed by atoms with Gasteiger partial charge in [-0.25, -0.2) is 4.79 Å². The molecule has 0 bridgehead atoms. The Hall–Kier alpha value is -2.65. The number of carbonyl (C=O) groups excluding carboxylic acids is 2. The van der Waals surface area contributed by atoms with Crippen molar-refractivity contribution in [1.82, 2.24) is 5.32 Å². The van der Waals surface area contributed by atoms with E-state index >= 15 is 0 Å². The lowest BCUT2D eigenvalue weighted by atomic mass is 10.1. The fourth-order valence-electron chi connectivity index (χ4n) is 1.82. The number of carbonyl (C=O) groups is 2. The van der Waals surface area contributed by atoms with Crippen LogP contribution in [-0.2, 0) is 9.53 Å². The van der Waals surface area contributed by atoms with Crippen LogP contribution in [0.4, 0.5) is 0 Å². The molecule has 1 amide bonds. The van der Waals surface area contributed by atoms with Crippen molar-refractivity contribution < 1.29 is 14.3 Å². The summed E-state index contributed by atoms with van der Waals surface area (Å²) < 4.78 is 4.95. The molecule has 1 aromatic carbocycles. The second-order valence-electron chi connectivity index (χ2n) is 4.57. The lowest BCUT2D eigenvalue weighted by Gasteiger charge is -2.12. The van der Waals surface area contributed by atoms with Gasteiger partial charge in [-0.05, 0) is 36.6 Å². The van der Waals surface area contributed by atoms with E-state index in [4.69, 9.17) is 10.00 Å². The molecule has 0 aliphatic heterocycles. The number of amides is 1. The molecule has 112 valence electrons. The largest absolute Gasteiger partial charge is 0.452 e. The molecule has 0 saturated carbocycles. The van der Waals surface area contributed by atoms with E-state index in [-0.39, 0.29) is 24.1 Å². The Balaban J connectivity index is 1.85. The topological polar surface area (TPSA) is 79.2 Å². The molecular formula is C16H14N2O3S. The van der Waals surface area contributed by atoms with Crippen LogP contribution in [0.5, 0.6) is 0 Å². The maximum atomic E-state index is 11.8. The van der Waals surface area contributed by atoms with E-state index in [1.165, 1.54) is 12.1 Å². The monoisotopic (exact) mass is 314 g/mol. The van der Waals surface area contributed by atoms with Crippen LogP contribution in [0.3, 0.4) is 0 Å². The maximum Gasteiger partial charge on any atom is 0.338 e. The van der Waals surface area contributed by atoms with Gasteiger partial charge >= 0.3 is 5.97 Å². The average Bonchev–Trinajstić information content (AvgIpc) is 3.07. The molecule has 2 aromatic rings. The van der Waals surface area contributed by atoms with Gasteiger partial charge in [0.1, 0.15) is 0 Å². The quantitative estimate of drug-likeness (QED) is 0.861. The Kier molecular flexibility index (Phi) is 5.28. The Morgan fingerprint density at radius 2 is 2.18 bits per heavy atom. The normalized spacial score (nSPS) is 11.3. The molecule has 0 aliphatic rings. The third kappa shape index (κ3) is 4.17. The van der Waals surface area contributed by atoms with E-state index in [2.05, 4.69) is 5.32 Å². The first-order chi connectivity index (χ1) is 10.6. The molecule has 0 saturated heterocycles. The molecule has 1 N–H and O–H groups in total. The van der Waals surface area contributed by atoms with Crippen molar-refractivity contribution in [3.8, 4) is 6.07 Å². The molecule has 1 atom stereocenters. The van der Waals surface area contributed by atoms with Gasteiger partial charge in [-0.15, -0.1) is 11.3 Å². The standard InChI is InChI=1S/C16H14N2O3S/c1-11(14-6-3-7-22-14)18-15(19)10-21-16(20)13-5-2-4-12(8-13)9-17/h2-8,11H,10H2,1H3,(H,18,19). The summed E-state index contributed by atoms with van der Waals surface area (Å²) in [5.41, 5.74) is 0.614. The number of ether oxygens (including phenoxy) is 1. The van der Waals surface area contributed by atoms with Crippen molar-refractivity contribution in [3.63, 3.8) is 0 Å². The van der Waals surface area contributed by atoms with E-state index in [0.29, 0.717) is 5.56 Å². The fourth-order valence-corrected chi connectivity index (χ4v) is 2.56. The van der Waals surface area contributed by atoms with Crippen molar-refractivity contribution in [2.75, 3.05) is 6.61 Å². The maximum absolute atomic E-state index is 11.8. The smallest absolute Gasteiger partial charge is 0.338 e. The molecule has 1 aromatic heterocycles. The minimum absolute atomic E-state index is 0.131. The van der Waals surface area contributed by atoms with Gasteiger partial charge in [-0.2, -0.15) is 5.26 Å². The van der Waals surface area contributed by atoms with Crippen LogP contribution in [0.1, 0.15) is 33.8 Å². The van der Waals surface area contributed by atoms with Crippen molar-refractivity contribution in [1.29, 1.82) is 5.26 Å². The van der Waals surface area contributed by atoms with Crippen LogP contribution in [0, 0.1) is 11.3 Å². The van der Waals surface area contributed by atoms with Gasteiger partial charge in [0, 0.05) is 4.88 Å². The van der Waals surface area contributed by atoms with E-state index < -0.39 is 5.97 Å². The molecule has 0 aliphatic carbocycles.